The maximum atomic E-state index is 12.3. The van der Waals surface area contributed by atoms with E-state index in [1.54, 1.807) is 4.90 Å². The van der Waals surface area contributed by atoms with Crippen molar-refractivity contribution in [1.29, 1.82) is 0 Å². The molecule has 2 fully saturated rings. The molecule has 1 aromatic heterocycles. The minimum Gasteiger partial charge on any atom is -0.478 e. The number of nitrogens with zero attached hydrogens (tertiary/aromatic N) is 2. The van der Waals surface area contributed by atoms with Crippen molar-refractivity contribution in [2.75, 3.05) is 26.2 Å². The lowest BCUT2D eigenvalue weighted by atomic mass is 9.99. The summed E-state index contributed by atoms with van der Waals surface area (Å²) in [6.07, 6.45) is 4.70. The second-order valence-corrected chi connectivity index (χ2v) is 5.44. The van der Waals surface area contributed by atoms with Crippen LogP contribution in [0.25, 0.3) is 0 Å². The molecule has 0 saturated carbocycles. The number of carbonyl (C=O) groups excluding carboxylic acids is 1. The number of aromatic carboxylic acids is 1. The average molecular weight is 278 g/mol. The molecular weight excluding hydrogens is 260 g/mol. The molecule has 1 aromatic rings. The number of piperazine rings is 1. The zero-order valence-electron chi connectivity index (χ0n) is 11.2. The fraction of sp³-hybridized carbons (Fsp3) is 0.571. The molecule has 1 N–H and O–H groups in total. The molecule has 6 heteroatoms. The predicted octanol–water partition coefficient (Wildman–Crippen LogP) is 1.29. The number of hydrogen-bond acceptors (Lipinski definition) is 4. The predicted molar refractivity (Wildman–Crippen MR) is 70.8 cm³/mol. The Hall–Kier alpha value is -1.82. The third-order valence-electron chi connectivity index (χ3n) is 4.18. The molecule has 1 unspecified atom stereocenters. The lowest BCUT2D eigenvalue weighted by Gasteiger charge is -2.43. The van der Waals surface area contributed by atoms with Gasteiger partial charge in [0.15, 0.2) is 5.76 Å². The van der Waals surface area contributed by atoms with Crippen LogP contribution in [0.4, 0.5) is 0 Å². The monoisotopic (exact) mass is 278 g/mol. The largest absolute Gasteiger partial charge is 0.478 e. The van der Waals surface area contributed by atoms with Gasteiger partial charge in [0.25, 0.3) is 5.91 Å². The van der Waals surface area contributed by atoms with Gasteiger partial charge in [-0.2, -0.15) is 0 Å². The highest BCUT2D eigenvalue weighted by Gasteiger charge is 2.32. The van der Waals surface area contributed by atoms with Gasteiger partial charge in [-0.1, -0.05) is 6.42 Å². The molecule has 2 aliphatic rings. The zero-order chi connectivity index (χ0) is 14.1. The molecular formula is C14H18N2O4. The highest BCUT2D eigenvalue weighted by atomic mass is 16.4. The first-order valence-corrected chi connectivity index (χ1v) is 7.00. The smallest absolute Gasteiger partial charge is 0.338 e. The number of carbonyl (C=O) groups is 2. The summed E-state index contributed by atoms with van der Waals surface area (Å²) in [6, 6.07) is 1.74. The van der Waals surface area contributed by atoms with E-state index in [1.807, 2.05) is 0 Å². The van der Waals surface area contributed by atoms with Gasteiger partial charge in [-0.25, -0.2) is 4.79 Å². The standard InChI is InChI=1S/C14H18N2O4/c17-13(12-7-10(9-20-12)14(18)19)16-6-5-15-4-2-1-3-11(15)8-16/h7,9,11H,1-6,8H2,(H,18,19). The van der Waals surface area contributed by atoms with Gasteiger partial charge < -0.3 is 14.4 Å². The number of fused-ring (bicyclic) bond motifs is 1. The fourth-order valence-electron chi connectivity index (χ4n) is 3.06. The third kappa shape index (κ3) is 2.43. The number of rotatable bonds is 2. The van der Waals surface area contributed by atoms with Crippen LogP contribution in [0.2, 0.25) is 0 Å². The molecule has 108 valence electrons. The van der Waals surface area contributed by atoms with E-state index in [-0.39, 0.29) is 17.2 Å². The Morgan fingerprint density at radius 2 is 2.10 bits per heavy atom. The van der Waals surface area contributed by atoms with E-state index >= 15 is 0 Å². The summed E-state index contributed by atoms with van der Waals surface area (Å²) in [5.41, 5.74) is 0.0182. The summed E-state index contributed by atoms with van der Waals surface area (Å²) in [5.74, 6) is -1.17. The number of amides is 1. The van der Waals surface area contributed by atoms with Crippen molar-refractivity contribution in [2.45, 2.75) is 25.3 Å². The van der Waals surface area contributed by atoms with Gasteiger partial charge in [0.1, 0.15) is 6.26 Å². The summed E-state index contributed by atoms with van der Waals surface area (Å²) in [5, 5.41) is 8.85. The van der Waals surface area contributed by atoms with Crippen LogP contribution in [-0.4, -0.2) is 59.0 Å². The van der Waals surface area contributed by atoms with E-state index in [2.05, 4.69) is 4.90 Å². The molecule has 20 heavy (non-hydrogen) atoms. The molecule has 3 rings (SSSR count). The van der Waals surface area contributed by atoms with E-state index in [0.29, 0.717) is 19.1 Å². The van der Waals surface area contributed by atoms with Gasteiger partial charge in [-0.05, 0) is 19.4 Å². The lowest BCUT2D eigenvalue weighted by Crippen LogP contribution is -2.56. The molecule has 0 aromatic carbocycles. The molecule has 0 aliphatic carbocycles. The van der Waals surface area contributed by atoms with Crippen LogP contribution in [-0.2, 0) is 0 Å². The van der Waals surface area contributed by atoms with Crippen LogP contribution >= 0.6 is 0 Å². The van der Waals surface area contributed by atoms with Crippen molar-refractivity contribution in [3.63, 3.8) is 0 Å². The number of piperidine rings is 1. The van der Waals surface area contributed by atoms with Crippen molar-refractivity contribution in [3.8, 4) is 0 Å². The first kappa shape index (κ1) is 13.2. The van der Waals surface area contributed by atoms with Gasteiger partial charge in [0.05, 0.1) is 5.56 Å². The second-order valence-electron chi connectivity index (χ2n) is 5.44. The normalized spacial score (nSPS) is 23.4. The van der Waals surface area contributed by atoms with Gasteiger partial charge >= 0.3 is 5.97 Å². The van der Waals surface area contributed by atoms with Crippen LogP contribution in [0.15, 0.2) is 16.7 Å². The molecule has 1 atom stereocenters. The molecule has 2 saturated heterocycles. The molecule has 3 heterocycles. The minimum absolute atomic E-state index is 0.0182. The maximum absolute atomic E-state index is 12.3. The van der Waals surface area contributed by atoms with Crippen molar-refractivity contribution in [2.24, 2.45) is 0 Å². The summed E-state index contributed by atoms with van der Waals surface area (Å²) in [6.45, 7) is 3.40. The van der Waals surface area contributed by atoms with E-state index in [0.717, 1.165) is 25.8 Å². The summed E-state index contributed by atoms with van der Waals surface area (Å²) in [4.78, 5) is 27.4. The Balaban J connectivity index is 1.69. The van der Waals surface area contributed by atoms with Crippen molar-refractivity contribution in [3.05, 3.63) is 23.7 Å². The van der Waals surface area contributed by atoms with Crippen LogP contribution in [0, 0.1) is 0 Å². The summed E-state index contributed by atoms with van der Waals surface area (Å²) < 4.78 is 5.09. The molecule has 0 radical (unpaired) electrons. The lowest BCUT2D eigenvalue weighted by molar-refractivity contribution is 0.0350. The summed E-state index contributed by atoms with van der Waals surface area (Å²) in [7, 11) is 0. The number of carboxylic acid groups (broad SMARTS) is 1. The van der Waals surface area contributed by atoms with E-state index < -0.39 is 5.97 Å². The number of hydrogen-bond donors (Lipinski definition) is 1. The fourth-order valence-corrected chi connectivity index (χ4v) is 3.06. The number of furan rings is 1. The quantitative estimate of drug-likeness (QED) is 0.882. The molecule has 6 nitrogen and oxygen atoms in total. The van der Waals surface area contributed by atoms with Crippen LogP contribution < -0.4 is 0 Å². The maximum Gasteiger partial charge on any atom is 0.338 e. The van der Waals surface area contributed by atoms with Gasteiger partial charge in [0, 0.05) is 31.7 Å². The second kappa shape index (κ2) is 5.28. The Morgan fingerprint density at radius 3 is 2.85 bits per heavy atom. The van der Waals surface area contributed by atoms with Crippen molar-refractivity contribution < 1.29 is 19.1 Å². The van der Waals surface area contributed by atoms with Gasteiger partial charge in [-0.15, -0.1) is 0 Å². The Labute approximate surface area is 117 Å². The Morgan fingerprint density at radius 1 is 1.25 bits per heavy atom. The molecule has 0 bridgehead atoms. The van der Waals surface area contributed by atoms with Crippen molar-refractivity contribution >= 4 is 11.9 Å². The van der Waals surface area contributed by atoms with Gasteiger partial charge in [0.2, 0.25) is 0 Å². The number of carboxylic acids is 1. The molecule has 0 spiro atoms. The minimum atomic E-state index is -1.08. The van der Waals surface area contributed by atoms with E-state index in [4.69, 9.17) is 9.52 Å². The van der Waals surface area contributed by atoms with E-state index in [9.17, 15) is 9.59 Å². The van der Waals surface area contributed by atoms with Crippen LogP contribution in [0.3, 0.4) is 0 Å². The highest BCUT2D eigenvalue weighted by molar-refractivity contribution is 5.95. The summed E-state index contributed by atoms with van der Waals surface area (Å²) >= 11 is 0. The third-order valence-corrected chi connectivity index (χ3v) is 4.18. The van der Waals surface area contributed by atoms with Crippen LogP contribution in [0.5, 0.6) is 0 Å². The average Bonchev–Trinajstić information content (AvgIpc) is 2.96. The SMILES string of the molecule is O=C(O)c1coc(C(=O)N2CCN3CCCCC3C2)c1. The topological polar surface area (TPSA) is 74.0 Å². The molecule has 1 amide bonds. The molecule has 2 aliphatic heterocycles. The Kier molecular flexibility index (Phi) is 3.48. The Bertz CT molecular complexity index is 525. The van der Waals surface area contributed by atoms with Crippen LogP contribution in [0.1, 0.15) is 40.2 Å². The highest BCUT2D eigenvalue weighted by Crippen LogP contribution is 2.22. The first-order chi connectivity index (χ1) is 9.65. The van der Waals surface area contributed by atoms with Crippen molar-refractivity contribution in [1.82, 2.24) is 9.80 Å². The van der Waals surface area contributed by atoms with Gasteiger partial charge in [-0.3, -0.25) is 9.69 Å². The zero-order valence-corrected chi connectivity index (χ0v) is 11.2. The van der Waals surface area contributed by atoms with E-state index in [1.165, 1.54) is 18.9 Å². The first-order valence-electron chi connectivity index (χ1n) is 7.00.